The van der Waals surface area contributed by atoms with Crippen LogP contribution in [0.1, 0.15) is 47.3 Å². The Bertz CT molecular complexity index is 1070. The second-order valence-electron chi connectivity index (χ2n) is 6.68. The summed E-state index contributed by atoms with van der Waals surface area (Å²) in [6, 6.07) is 8.97. The number of aromatic hydroxyl groups is 1. The number of fused-ring (bicyclic) bond motifs is 1. The molecule has 1 heterocycles. The van der Waals surface area contributed by atoms with Crippen LogP contribution in [0.25, 0.3) is 10.9 Å². The van der Waals surface area contributed by atoms with Gasteiger partial charge in [-0.15, -0.1) is 0 Å². The lowest BCUT2D eigenvalue weighted by Gasteiger charge is -2.14. The van der Waals surface area contributed by atoms with Crippen LogP contribution in [0, 0.1) is 12.7 Å². The summed E-state index contributed by atoms with van der Waals surface area (Å²) >= 11 is 5.90. The monoisotopic (exact) mass is 402 g/mol. The lowest BCUT2D eigenvalue weighted by molar-refractivity contribution is -0.119. The van der Waals surface area contributed by atoms with Crippen molar-refractivity contribution in [2.24, 2.45) is 5.73 Å². The van der Waals surface area contributed by atoms with E-state index in [2.05, 4.69) is 0 Å². The molecule has 0 aliphatic rings. The van der Waals surface area contributed by atoms with Crippen LogP contribution in [-0.4, -0.2) is 21.5 Å². The predicted molar refractivity (Wildman–Crippen MR) is 106 cm³/mol. The number of amides is 1. The molecule has 0 saturated carbocycles. The third-order valence-corrected chi connectivity index (χ3v) is 5.15. The Morgan fingerprint density at radius 2 is 1.86 bits per heavy atom. The van der Waals surface area contributed by atoms with Gasteiger partial charge in [0.2, 0.25) is 5.91 Å². The minimum Gasteiger partial charge on any atom is -0.505 e. The highest BCUT2D eigenvalue weighted by molar-refractivity contribution is 6.30. The summed E-state index contributed by atoms with van der Waals surface area (Å²) in [6.07, 6.45) is 1.05. The minimum atomic E-state index is -0.874. The second-order valence-corrected chi connectivity index (χ2v) is 7.12. The molecule has 0 saturated heterocycles. The van der Waals surface area contributed by atoms with E-state index >= 15 is 0 Å². The summed E-state index contributed by atoms with van der Waals surface area (Å²) < 4.78 is 16.2. The van der Waals surface area contributed by atoms with Crippen LogP contribution in [0.2, 0.25) is 5.02 Å². The van der Waals surface area contributed by atoms with Crippen molar-refractivity contribution in [2.75, 3.05) is 0 Å². The maximum atomic E-state index is 14.9. The fourth-order valence-corrected chi connectivity index (χ4v) is 3.73. The Balaban J connectivity index is 2.34. The first-order chi connectivity index (χ1) is 13.3. The fraction of sp³-hybridized carbons (Fsp3) is 0.238. The molecule has 0 aliphatic heterocycles. The number of halogens is 2. The smallest absolute Gasteiger partial charge is 0.262 e. The van der Waals surface area contributed by atoms with Crippen LogP contribution < -0.4 is 5.73 Å². The molecule has 28 heavy (non-hydrogen) atoms. The number of phenolic OH excluding ortho intramolecular Hbond substituents is 1. The topological polar surface area (TPSA) is 85.3 Å². The Labute approximate surface area is 166 Å². The van der Waals surface area contributed by atoms with Gasteiger partial charge in [0.15, 0.2) is 11.6 Å². The maximum absolute atomic E-state index is 14.9. The lowest BCUT2D eigenvalue weighted by atomic mass is 9.91. The van der Waals surface area contributed by atoms with Gasteiger partial charge in [0.1, 0.15) is 0 Å². The van der Waals surface area contributed by atoms with Crippen LogP contribution in [-0.2, 0) is 4.79 Å². The average Bonchev–Trinajstić information content (AvgIpc) is 2.95. The van der Waals surface area contributed by atoms with Gasteiger partial charge in [-0.05, 0) is 55.3 Å². The Hall–Kier alpha value is -2.86. The third-order valence-electron chi connectivity index (χ3n) is 4.90. The fourth-order valence-electron chi connectivity index (χ4n) is 3.61. The number of rotatable bonds is 5. The van der Waals surface area contributed by atoms with E-state index in [1.807, 2.05) is 6.92 Å². The molecule has 3 N–H and O–H groups in total. The molecule has 146 valence electrons. The van der Waals surface area contributed by atoms with Crippen molar-refractivity contribution in [1.82, 2.24) is 4.57 Å². The number of hydrogen-bond acceptors (Lipinski definition) is 3. The van der Waals surface area contributed by atoms with Crippen molar-refractivity contribution >= 4 is 34.3 Å². The highest BCUT2D eigenvalue weighted by atomic mass is 35.5. The SMILES string of the molecule is CCCC(C(N)=O)c1c(C)n(C(=O)c2ccc(Cl)cc2)c2ccc(O)c(F)c12. The normalized spacial score (nSPS) is 12.3. The summed E-state index contributed by atoms with van der Waals surface area (Å²) in [4.78, 5) is 25.3. The van der Waals surface area contributed by atoms with Crippen molar-refractivity contribution in [3.63, 3.8) is 0 Å². The van der Waals surface area contributed by atoms with Crippen molar-refractivity contribution in [2.45, 2.75) is 32.6 Å². The standard InChI is InChI=1S/C21H20ClFN2O3/c1-3-4-14(20(24)27)17-11(2)25(15-9-10-16(26)19(23)18(15)17)21(28)12-5-7-13(22)8-6-12/h5-10,14,26H,3-4H2,1-2H3,(H2,24,27). The van der Waals surface area contributed by atoms with E-state index in [-0.39, 0.29) is 10.9 Å². The van der Waals surface area contributed by atoms with E-state index in [1.54, 1.807) is 31.2 Å². The molecule has 5 nitrogen and oxygen atoms in total. The number of phenols is 1. The molecule has 0 fully saturated rings. The number of hydrogen-bond donors (Lipinski definition) is 2. The number of nitrogens with zero attached hydrogens (tertiary/aromatic N) is 1. The summed E-state index contributed by atoms with van der Waals surface area (Å²) in [6.45, 7) is 3.53. The number of carbonyl (C=O) groups excluding carboxylic acids is 2. The highest BCUT2D eigenvalue weighted by Crippen LogP contribution is 2.38. The van der Waals surface area contributed by atoms with Crippen LogP contribution in [0.4, 0.5) is 4.39 Å². The predicted octanol–water partition coefficient (Wildman–Crippen LogP) is 4.51. The van der Waals surface area contributed by atoms with Crippen molar-refractivity contribution in [3.8, 4) is 5.75 Å². The second kappa shape index (κ2) is 7.64. The van der Waals surface area contributed by atoms with Crippen molar-refractivity contribution in [1.29, 1.82) is 0 Å². The number of benzene rings is 2. The molecule has 0 aliphatic carbocycles. The van der Waals surface area contributed by atoms with Crippen LogP contribution in [0.3, 0.4) is 0 Å². The molecule has 1 amide bonds. The lowest BCUT2D eigenvalue weighted by Crippen LogP contribution is -2.22. The number of nitrogens with two attached hydrogens (primary N) is 1. The highest BCUT2D eigenvalue weighted by Gasteiger charge is 2.30. The minimum absolute atomic E-state index is 0.0389. The average molecular weight is 403 g/mol. The van der Waals surface area contributed by atoms with E-state index in [0.717, 1.165) is 0 Å². The van der Waals surface area contributed by atoms with Gasteiger partial charge in [-0.3, -0.25) is 14.2 Å². The van der Waals surface area contributed by atoms with Gasteiger partial charge in [-0.25, -0.2) is 4.39 Å². The summed E-state index contributed by atoms with van der Waals surface area (Å²) in [5.74, 6) is -3.20. The zero-order valence-corrected chi connectivity index (χ0v) is 16.3. The first-order valence-corrected chi connectivity index (χ1v) is 9.27. The van der Waals surface area contributed by atoms with Gasteiger partial charge in [-0.2, -0.15) is 0 Å². The van der Waals surface area contributed by atoms with E-state index in [9.17, 15) is 19.1 Å². The Kier molecular flexibility index (Phi) is 5.42. The van der Waals surface area contributed by atoms with E-state index in [0.29, 0.717) is 34.7 Å². The molecular formula is C21H20ClFN2O3. The largest absolute Gasteiger partial charge is 0.505 e. The quantitative estimate of drug-likeness (QED) is 0.658. The molecule has 1 aromatic heterocycles. The van der Waals surface area contributed by atoms with Gasteiger partial charge < -0.3 is 10.8 Å². The molecule has 1 unspecified atom stereocenters. The van der Waals surface area contributed by atoms with Crippen LogP contribution >= 0.6 is 11.6 Å². The van der Waals surface area contributed by atoms with Gasteiger partial charge in [-0.1, -0.05) is 24.9 Å². The molecule has 0 radical (unpaired) electrons. The van der Waals surface area contributed by atoms with E-state index in [1.165, 1.54) is 16.7 Å². The molecule has 3 rings (SSSR count). The van der Waals surface area contributed by atoms with E-state index in [4.69, 9.17) is 17.3 Å². The number of primary amides is 1. The molecule has 0 spiro atoms. The molecule has 1 atom stereocenters. The Morgan fingerprint density at radius 1 is 1.21 bits per heavy atom. The van der Waals surface area contributed by atoms with Gasteiger partial charge >= 0.3 is 0 Å². The van der Waals surface area contributed by atoms with Crippen LogP contribution in [0.15, 0.2) is 36.4 Å². The summed E-state index contributed by atoms with van der Waals surface area (Å²) in [5.41, 5.74) is 6.96. The van der Waals surface area contributed by atoms with Gasteiger partial charge in [0.25, 0.3) is 5.91 Å². The molecule has 3 aromatic rings. The van der Waals surface area contributed by atoms with Gasteiger partial charge in [0.05, 0.1) is 11.4 Å². The van der Waals surface area contributed by atoms with Crippen molar-refractivity contribution in [3.05, 3.63) is 64.1 Å². The van der Waals surface area contributed by atoms with Crippen molar-refractivity contribution < 1.29 is 19.1 Å². The first kappa shape index (κ1) is 19.9. The summed E-state index contributed by atoms with van der Waals surface area (Å²) in [5, 5.41) is 10.4. The summed E-state index contributed by atoms with van der Waals surface area (Å²) in [7, 11) is 0. The molecule has 0 bridgehead atoms. The zero-order chi connectivity index (χ0) is 20.6. The third kappa shape index (κ3) is 3.24. The molecular weight excluding hydrogens is 383 g/mol. The first-order valence-electron chi connectivity index (χ1n) is 8.89. The zero-order valence-electron chi connectivity index (χ0n) is 15.5. The molecule has 7 heteroatoms. The van der Waals surface area contributed by atoms with Gasteiger partial charge in [0, 0.05) is 21.7 Å². The van der Waals surface area contributed by atoms with E-state index < -0.39 is 29.3 Å². The maximum Gasteiger partial charge on any atom is 0.262 e. The molecule has 2 aromatic carbocycles. The van der Waals surface area contributed by atoms with Crippen LogP contribution in [0.5, 0.6) is 5.75 Å². The Morgan fingerprint density at radius 3 is 2.43 bits per heavy atom. The number of carbonyl (C=O) groups is 2. The number of aromatic nitrogens is 1.